The first-order chi connectivity index (χ1) is 16.5. The number of amides is 1. The normalized spacial score (nSPS) is 11.0. The van der Waals surface area contributed by atoms with Gasteiger partial charge in [0.15, 0.2) is 0 Å². The van der Waals surface area contributed by atoms with Gasteiger partial charge in [-0.3, -0.25) is 4.79 Å². The Morgan fingerprint density at radius 2 is 1.82 bits per heavy atom. The highest BCUT2D eigenvalue weighted by Crippen LogP contribution is 2.21. The Bertz CT molecular complexity index is 1280. The van der Waals surface area contributed by atoms with Crippen LogP contribution in [0.2, 0.25) is 5.02 Å². The monoisotopic (exact) mass is 475 g/mol. The fourth-order valence-corrected chi connectivity index (χ4v) is 4.34. The molecule has 1 aromatic heterocycles. The predicted octanol–water partition coefficient (Wildman–Crippen LogP) is 6.14. The molecule has 0 saturated carbocycles. The molecule has 1 heterocycles. The first-order valence-electron chi connectivity index (χ1n) is 11.7. The van der Waals surface area contributed by atoms with E-state index >= 15 is 0 Å². The number of ether oxygens (including phenoxy) is 1. The zero-order chi connectivity index (χ0) is 23.9. The number of imidazole rings is 1. The number of carbonyl (C=O) groups is 1. The fraction of sp³-hybridized carbons (Fsp3) is 0.286. The number of hydrogen-bond acceptors (Lipinski definition) is 3. The van der Waals surface area contributed by atoms with Crippen molar-refractivity contribution in [3.63, 3.8) is 0 Å². The van der Waals surface area contributed by atoms with Gasteiger partial charge in [-0.15, -0.1) is 0 Å². The van der Waals surface area contributed by atoms with Gasteiger partial charge in [-0.05, 0) is 62.6 Å². The highest BCUT2D eigenvalue weighted by molar-refractivity contribution is 6.33. The molecule has 3 aromatic carbocycles. The molecule has 0 aliphatic carbocycles. The summed E-state index contributed by atoms with van der Waals surface area (Å²) >= 11 is 6.12. The molecule has 5 nitrogen and oxygen atoms in total. The number of benzene rings is 3. The number of aromatic nitrogens is 2. The van der Waals surface area contributed by atoms with Crippen molar-refractivity contribution in [2.75, 3.05) is 13.2 Å². The van der Waals surface area contributed by atoms with Crippen LogP contribution >= 0.6 is 11.6 Å². The van der Waals surface area contributed by atoms with Gasteiger partial charge in [0, 0.05) is 19.5 Å². The topological polar surface area (TPSA) is 56.1 Å². The lowest BCUT2D eigenvalue weighted by molar-refractivity contribution is 0.0953. The smallest absolute Gasteiger partial charge is 0.252 e. The van der Waals surface area contributed by atoms with Gasteiger partial charge in [-0.2, -0.15) is 0 Å². The first kappa shape index (κ1) is 23.8. The number of halogens is 1. The van der Waals surface area contributed by atoms with E-state index in [9.17, 15) is 4.79 Å². The summed E-state index contributed by atoms with van der Waals surface area (Å²) in [5, 5.41) is 3.43. The van der Waals surface area contributed by atoms with Gasteiger partial charge < -0.3 is 14.6 Å². The van der Waals surface area contributed by atoms with Gasteiger partial charge in [0.2, 0.25) is 0 Å². The summed E-state index contributed by atoms with van der Waals surface area (Å²) in [6, 6.07) is 21.5. The Morgan fingerprint density at radius 1 is 1.03 bits per heavy atom. The molecule has 1 amide bonds. The third-order valence-electron chi connectivity index (χ3n) is 5.83. The second kappa shape index (κ2) is 11.2. The minimum absolute atomic E-state index is 0.150. The van der Waals surface area contributed by atoms with Crippen LogP contribution in [0, 0.1) is 13.8 Å². The van der Waals surface area contributed by atoms with Crippen molar-refractivity contribution in [2.45, 2.75) is 39.7 Å². The highest BCUT2D eigenvalue weighted by atomic mass is 35.5. The molecule has 0 bridgehead atoms. The molecule has 1 N–H and O–H groups in total. The van der Waals surface area contributed by atoms with Crippen LogP contribution in [0.15, 0.2) is 66.7 Å². The van der Waals surface area contributed by atoms with Gasteiger partial charge >= 0.3 is 0 Å². The van der Waals surface area contributed by atoms with E-state index in [-0.39, 0.29) is 5.91 Å². The molecule has 176 valence electrons. The summed E-state index contributed by atoms with van der Waals surface area (Å²) in [6.45, 7) is 6.19. The maximum absolute atomic E-state index is 12.4. The van der Waals surface area contributed by atoms with Crippen molar-refractivity contribution in [2.24, 2.45) is 0 Å². The largest absolute Gasteiger partial charge is 0.493 e. The second-order valence-corrected chi connectivity index (χ2v) is 8.89. The maximum atomic E-state index is 12.4. The minimum atomic E-state index is -0.150. The van der Waals surface area contributed by atoms with Crippen LogP contribution < -0.4 is 10.1 Å². The van der Waals surface area contributed by atoms with Crippen LogP contribution in [-0.2, 0) is 13.0 Å². The average Bonchev–Trinajstić information content (AvgIpc) is 3.18. The van der Waals surface area contributed by atoms with E-state index in [1.165, 1.54) is 5.56 Å². The molecule has 4 aromatic rings. The van der Waals surface area contributed by atoms with Crippen molar-refractivity contribution in [1.29, 1.82) is 0 Å². The summed E-state index contributed by atoms with van der Waals surface area (Å²) in [5.74, 6) is 1.82. The van der Waals surface area contributed by atoms with E-state index in [2.05, 4.69) is 41.9 Å². The molecule has 0 saturated heterocycles. The zero-order valence-corrected chi connectivity index (χ0v) is 20.4. The number of nitrogens with zero attached hydrogens (tertiary/aromatic N) is 2. The van der Waals surface area contributed by atoms with E-state index in [4.69, 9.17) is 21.3 Å². The van der Waals surface area contributed by atoms with Gasteiger partial charge in [0.05, 0.1) is 28.2 Å². The second-order valence-electron chi connectivity index (χ2n) is 8.48. The molecule has 0 fully saturated rings. The number of nitrogens with one attached hydrogen (secondary N) is 1. The summed E-state index contributed by atoms with van der Waals surface area (Å²) in [7, 11) is 0. The molecule has 0 spiro atoms. The maximum Gasteiger partial charge on any atom is 0.252 e. The zero-order valence-electron chi connectivity index (χ0n) is 19.7. The van der Waals surface area contributed by atoms with Crippen LogP contribution in [0.3, 0.4) is 0 Å². The SMILES string of the molecule is Cc1ccc(OCCCn2c(CCCNC(=O)c3ccccc3Cl)nc3ccccc32)c(C)c1. The molecule has 0 radical (unpaired) electrons. The van der Waals surface area contributed by atoms with E-state index in [0.29, 0.717) is 23.7 Å². The minimum Gasteiger partial charge on any atom is -0.493 e. The molecule has 34 heavy (non-hydrogen) atoms. The molecule has 0 aliphatic heterocycles. The third kappa shape index (κ3) is 5.78. The Morgan fingerprint density at radius 3 is 2.65 bits per heavy atom. The summed E-state index contributed by atoms with van der Waals surface area (Å²) in [4.78, 5) is 17.2. The van der Waals surface area contributed by atoms with Crippen LogP contribution in [0.5, 0.6) is 5.75 Å². The summed E-state index contributed by atoms with van der Waals surface area (Å²) in [6.07, 6.45) is 2.44. The van der Waals surface area contributed by atoms with Crippen LogP contribution in [-0.4, -0.2) is 28.6 Å². The first-order valence-corrected chi connectivity index (χ1v) is 12.1. The molecule has 6 heteroatoms. The van der Waals surface area contributed by atoms with E-state index in [0.717, 1.165) is 54.0 Å². The van der Waals surface area contributed by atoms with Gasteiger partial charge in [-0.1, -0.05) is 53.6 Å². The molecule has 0 aliphatic rings. The Kier molecular flexibility index (Phi) is 7.86. The van der Waals surface area contributed by atoms with Crippen LogP contribution in [0.25, 0.3) is 11.0 Å². The van der Waals surface area contributed by atoms with Crippen molar-refractivity contribution < 1.29 is 9.53 Å². The Balaban J connectivity index is 1.34. The number of hydrogen-bond donors (Lipinski definition) is 1. The molecule has 0 atom stereocenters. The Labute approximate surface area is 205 Å². The lowest BCUT2D eigenvalue weighted by atomic mass is 10.1. The van der Waals surface area contributed by atoms with E-state index in [1.54, 1.807) is 12.1 Å². The van der Waals surface area contributed by atoms with Gasteiger partial charge in [-0.25, -0.2) is 4.98 Å². The molecular weight excluding hydrogens is 446 g/mol. The van der Waals surface area contributed by atoms with Gasteiger partial charge in [0.25, 0.3) is 5.91 Å². The quantitative estimate of drug-likeness (QED) is 0.280. The van der Waals surface area contributed by atoms with Crippen LogP contribution in [0.4, 0.5) is 0 Å². The molecule has 4 rings (SSSR count). The average molecular weight is 476 g/mol. The number of para-hydroxylation sites is 2. The summed E-state index contributed by atoms with van der Waals surface area (Å²) < 4.78 is 8.30. The molecular formula is C28H30ClN3O2. The predicted molar refractivity (Wildman–Crippen MR) is 138 cm³/mol. The fourth-order valence-electron chi connectivity index (χ4n) is 4.12. The van der Waals surface area contributed by atoms with Gasteiger partial charge in [0.1, 0.15) is 11.6 Å². The number of carbonyl (C=O) groups excluding carboxylic acids is 1. The van der Waals surface area contributed by atoms with Crippen molar-refractivity contribution in [3.05, 3.63) is 94.3 Å². The summed E-state index contributed by atoms with van der Waals surface area (Å²) in [5.41, 5.74) is 5.02. The van der Waals surface area contributed by atoms with Crippen LogP contribution in [0.1, 0.15) is 40.2 Å². The number of aryl methyl sites for hydroxylation is 4. The Hall–Kier alpha value is -3.31. The van der Waals surface area contributed by atoms with Crippen molar-refractivity contribution in [3.8, 4) is 5.75 Å². The molecule has 0 unspecified atom stereocenters. The standard InChI is InChI=1S/C28H30ClN3O2/c1-20-14-15-26(21(2)19-20)34-18-8-17-32-25-12-6-5-11-24(25)31-27(32)13-7-16-30-28(33)22-9-3-4-10-23(22)29/h3-6,9-12,14-15,19H,7-8,13,16-18H2,1-2H3,(H,30,33). The van der Waals surface area contributed by atoms with E-state index < -0.39 is 0 Å². The van der Waals surface area contributed by atoms with E-state index in [1.807, 2.05) is 36.4 Å². The third-order valence-corrected chi connectivity index (χ3v) is 6.16. The highest BCUT2D eigenvalue weighted by Gasteiger charge is 2.12. The number of fused-ring (bicyclic) bond motifs is 1. The van der Waals surface area contributed by atoms with Crippen molar-refractivity contribution in [1.82, 2.24) is 14.9 Å². The lowest BCUT2D eigenvalue weighted by Gasteiger charge is -2.12. The van der Waals surface area contributed by atoms with Crippen molar-refractivity contribution >= 4 is 28.5 Å². The lowest BCUT2D eigenvalue weighted by Crippen LogP contribution is -2.25. The number of rotatable bonds is 10.